The standard InChI is InChI=1S/C16H23N3O2.ClH/c1-13-12-17-9-10-19(13)16(21)7-8-18-15(20)11-14-5-3-2-4-6-14;/h2-6,13,17H,7-12H2,1H3,(H,18,20);1H/t13-;/m1./s1. The van der Waals surface area contributed by atoms with Crippen molar-refractivity contribution in [3.8, 4) is 0 Å². The van der Waals surface area contributed by atoms with Crippen LogP contribution in [-0.4, -0.2) is 48.9 Å². The summed E-state index contributed by atoms with van der Waals surface area (Å²) in [6.45, 7) is 4.87. The lowest BCUT2D eigenvalue weighted by atomic mass is 10.1. The van der Waals surface area contributed by atoms with Crippen molar-refractivity contribution < 1.29 is 9.59 Å². The Morgan fingerprint density at radius 1 is 1.32 bits per heavy atom. The lowest BCUT2D eigenvalue weighted by Gasteiger charge is -2.34. The summed E-state index contributed by atoms with van der Waals surface area (Å²) in [5, 5.41) is 6.07. The van der Waals surface area contributed by atoms with E-state index in [1.165, 1.54) is 0 Å². The minimum Gasteiger partial charge on any atom is -0.355 e. The Hall–Kier alpha value is -1.59. The first-order valence-corrected chi connectivity index (χ1v) is 7.47. The molecule has 1 aliphatic heterocycles. The van der Waals surface area contributed by atoms with Crippen LogP contribution in [0.3, 0.4) is 0 Å². The highest BCUT2D eigenvalue weighted by Crippen LogP contribution is 2.04. The number of benzene rings is 1. The van der Waals surface area contributed by atoms with Crippen molar-refractivity contribution in [1.82, 2.24) is 15.5 Å². The van der Waals surface area contributed by atoms with Gasteiger partial charge in [0, 0.05) is 38.6 Å². The molecule has 1 aromatic carbocycles. The largest absolute Gasteiger partial charge is 0.355 e. The van der Waals surface area contributed by atoms with Crippen molar-refractivity contribution in [3.63, 3.8) is 0 Å². The molecule has 22 heavy (non-hydrogen) atoms. The van der Waals surface area contributed by atoms with Gasteiger partial charge < -0.3 is 15.5 Å². The fraction of sp³-hybridized carbons (Fsp3) is 0.500. The van der Waals surface area contributed by atoms with Crippen molar-refractivity contribution in [2.24, 2.45) is 0 Å². The highest BCUT2D eigenvalue weighted by Gasteiger charge is 2.22. The topological polar surface area (TPSA) is 61.4 Å². The second-order valence-corrected chi connectivity index (χ2v) is 5.40. The molecule has 0 radical (unpaired) electrons. The first-order chi connectivity index (χ1) is 10.2. The number of piperazine rings is 1. The molecule has 2 N–H and O–H groups in total. The molecule has 2 rings (SSSR count). The van der Waals surface area contributed by atoms with Crippen LogP contribution >= 0.6 is 12.4 Å². The smallest absolute Gasteiger partial charge is 0.224 e. The van der Waals surface area contributed by atoms with Gasteiger partial charge in [0.2, 0.25) is 11.8 Å². The molecule has 1 heterocycles. The molecule has 6 heteroatoms. The van der Waals surface area contributed by atoms with Gasteiger partial charge in [0.05, 0.1) is 6.42 Å². The van der Waals surface area contributed by atoms with E-state index in [9.17, 15) is 9.59 Å². The average Bonchev–Trinajstić information content (AvgIpc) is 2.48. The molecule has 0 saturated carbocycles. The fourth-order valence-corrected chi connectivity index (χ4v) is 2.51. The third kappa shape index (κ3) is 5.66. The first kappa shape index (κ1) is 18.5. The molecule has 0 aromatic heterocycles. The maximum Gasteiger partial charge on any atom is 0.224 e. The molecule has 0 bridgehead atoms. The number of carbonyl (C=O) groups excluding carboxylic acids is 2. The molecule has 1 aliphatic rings. The van der Waals surface area contributed by atoms with Crippen LogP contribution in [0.2, 0.25) is 0 Å². The van der Waals surface area contributed by atoms with E-state index in [4.69, 9.17) is 0 Å². The zero-order valence-corrected chi connectivity index (χ0v) is 13.7. The van der Waals surface area contributed by atoms with E-state index in [0.717, 1.165) is 25.2 Å². The zero-order valence-electron chi connectivity index (χ0n) is 12.9. The van der Waals surface area contributed by atoms with Crippen molar-refractivity contribution >= 4 is 24.2 Å². The minimum atomic E-state index is -0.0395. The Bertz CT molecular complexity index is 482. The van der Waals surface area contributed by atoms with Gasteiger partial charge in [-0.3, -0.25) is 9.59 Å². The monoisotopic (exact) mass is 325 g/mol. The summed E-state index contributed by atoms with van der Waals surface area (Å²) in [6, 6.07) is 9.83. The van der Waals surface area contributed by atoms with E-state index >= 15 is 0 Å². The Morgan fingerprint density at radius 3 is 2.73 bits per heavy atom. The SMILES string of the molecule is C[C@@H]1CNCCN1C(=O)CCNC(=O)Cc1ccccc1.Cl. The summed E-state index contributed by atoms with van der Waals surface area (Å²) in [5.41, 5.74) is 0.983. The summed E-state index contributed by atoms with van der Waals surface area (Å²) < 4.78 is 0. The van der Waals surface area contributed by atoms with Crippen molar-refractivity contribution in [3.05, 3.63) is 35.9 Å². The normalized spacial score (nSPS) is 17.5. The summed E-state index contributed by atoms with van der Waals surface area (Å²) in [6.07, 6.45) is 0.726. The summed E-state index contributed by atoms with van der Waals surface area (Å²) >= 11 is 0. The van der Waals surface area contributed by atoms with Gasteiger partial charge in [-0.05, 0) is 12.5 Å². The second kappa shape index (κ2) is 9.43. The van der Waals surface area contributed by atoms with Gasteiger partial charge in [0.25, 0.3) is 0 Å². The Labute approximate surface area is 137 Å². The van der Waals surface area contributed by atoms with E-state index < -0.39 is 0 Å². The van der Waals surface area contributed by atoms with E-state index in [0.29, 0.717) is 19.4 Å². The Morgan fingerprint density at radius 2 is 2.05 bits per heavy atom. The van der Waals surface area contributed by atoms with Gasteiger partial charge in [-0.15, -0.1) is 12.4 Å². The number of carbonyl (C=O) groups is 2. The summed E-state index contributed by atoms with van der Waals surface area (Å²) in [7, 11) is 0. The second-order valence-electron chi connectivity index (χ2n) is 5.40. The number of hydrogen-bond donors (Lipinski definition) is 2. The number of hydrogen-bond acceptors (Lipinski definition) is 3. The third-order valence-electron chi connectivity index (χ3n) is 3.69. The molecule has 122 valence electrons. The van der Waals surface area contributed by atoms with Crippen LogP contribution in [0.15, 0.2) is 30.3 Å². The predicted molar refractivity (Wildman–Crippen MR) is 89.1 cm³/mol. The highest BCUT2D eigenvalue weighted by molar-refractivity contribution is 5.85. The molecule has 0 unspecified atom stereocenters. The van der Waals surface area contributed by atoms with Gasteiger partial charge in [-0.25, -0.2) is 0 Å². The molecule has 0 aliphatic carbocycles. The maximum atomic E-state index is 12.1. The van der Waals surface area contributed by atoms with E-state index in [1.54, 1.807) is 0 Å². The minimum absolute atomic E-state index is 0. The molecule has 5 nitrogen and oxygen atoms in total. The van der Waals surface area contributed by atoms with Crippen LogP contribution < -0.4 is 10.6 Å². The van der Waals surface area contributed by atoms with Crippen molar-refractivity contribution in [1.29, 1.82) is 0 Å². The van der Waals surface area contributed by atoms with Crippen molar-refractivity contribution in [2.45, 2.75) is 25.8 Å². The van der Waals surface area contributed by atoms with E-state index in [2.05, 4.69) is 10.6 Å². The average molecular weight is 326 g/mol. The van der Waals surface area contributed by atoms with Crippen LogP contribution in [0.1, 0.15) is 18.9 Å². The number of amides is 2. The molecule has 1 atom stereocenters. The lowest BCUT2D eigenvalue weighted by molar-refractivity contribution is -0.133. The van der Waals surface area contributed by atoms with E-state index in [1.807, 2.05) is 42.2 Å². The van der Waals surface area contributed by atoms with Gasteiger partial charge in [0.1, 0.15) is 0 Å². The van der Waals surface area contributed by atoms with Gasteiger partial charge in [-0.2, -0.15) is 0 Å². The number of rotatable bonds is 5. The van der Waals surface area contributed by atoms with Gasteiger partial charge in [0.15, 0.2) is 0 Å². The number of halogens is 1. The highest BCUT2D eigenvalue weighted by atomic mass is 35.5. The predicted octanol–water partition coefficient (Wildman–Crippen LogP) is 0.978. The number of nitrogens with one attached hydrogen (secondary N) is 2. The lowest BCUT2D eigenvalue weighted by Crippen LogP contribution is -2.52. The molecule has 0 spiro atoms. The third-order valence-corrected chi connectivity index (χ3v) is 3.69. The van der Waals surface area contributed by atoms with Crippen LogP contribution in [-0.2, 0) is 16.0 Å². The maximum absolute atomic E-state index is 12.1. The molecule has 1 aromatic rings. The molecular weight excluding hydrogens is 302 g/mol. The number of nitrogens with zero attached hydrogens (tertiary/aromatic N) is 1. The van der Waals surface area contributed by atoms with Crippen LogP contribution in [0.5, 0.6) is 0 Å². The Kier molecular flexibility index (Phi) is 7.91. The Balaban J connectivity index is 0.00000242. The fourth-order valence-electron chi connectivity index (χ4n) is 2.51. The summed E-state index contributed by atoms with van der Waals surface area (Å²) in [5.74, 6) is 0.0753. The molecule has 1 saturated heterocycles. The van der Waals surface area contributed by atoms with Gasteiger partial charge >= 0.3 is 0 Å². The van der Waals surface area contributed by atoms with Crippen LogP contribution in [0, 0.1) is 0 Å². The quantitative estimate of drug-likeness (QED) is 0.848. The molecule has 1 fully saturated rings. The first-order valence-electron chi connectivity index (χ1n) is 7.47. The molecule has 2 amide bonds. The van der Waals surface area contributed by atoms with Gasteiger partial charge in [-0.1, -0.05) is 30.3 Å². The van der Waals surface area contributed by atoms with E-state index in [-0.39, 0.29) is 30.3 Å². The zero-order chi connectivity index (χ0) is 15.1. The van der Waals surface area contributed by atoms with Crippen molar-refractivity contribution in [2.75, 3.05) is 26.2 Å². The summed E-state index contributed by atoms with van der Waals surface area (Å²) in [4.78, 5) is 25.8. The van der Waals surface area contributed by atoms with Crippen LogP contribution in [0.4, 0.5) is 0 Å². The van der Waals surface area contributed by atoms with Crippen LogP contribution in [0.25, 0.3) is 0 Å². The molecular formula is C16H24ClN3O2.